The smallest absolute Gasteiger partial charge is 0.243 e. The van der Waals surface area contributed by atoms with Crippen molar-refractivity contribution in [1.29, 1.82) is 0 Å². The molecular weight excluding hydrogens is 470 g/mol. The molecule has 1 aromatic rings. The summed E-state index contributed by atoms with van der Waals surface area (Å²) in [4.78, 5) is 50.4. The molecule has 0 fully saturated rings. The first-order valence-electron chi connectivity index (χ1n) is 12.6. The maximum atomic E-state index is 13.3. The number of hydrogen-bond donors (Lipinski definition) is 5. The molecule has 0 saturated carbocycles. The lowest BCUT2D eigenvalue weighted by atomic mass is 10.0. The fourth-order valence-electron chi connectivity index (χ4n) is 3.99. The third-order valence-corrected chi connectivity index (χ3v) is 6.04. The van der Waals surface area contributed by atoms with Crippen LogP contribution in [-0.2, 0) is 25.6 Å². The van der Waals surface area contributed by atoms with E-state index < -0.39 is 35.8 Å². The van der Waals surface area contributed by atoms with Crippen molar-refractivity contribution >= 4 is 23.6 Å². The highest BCUT2D eigenvalue weighted by atomic mass is 16.2. The zero-order valence-corrected chi connectivity index (χ0v) is 21.7. The Morgan fingerprint density at radius 2 is 1.54 bits per heavy atom. The van der Waals surface area contributed by atoms with Crippen LogP contribution in [0.1, 0.15) is 51.5 Å². The van der Waals surface area contributed by atoms with Gasteiger partial charge in [0.25, 0.3) is 0 Å². The molecule has 37 heavy (non-hydrogen) atoms. The number of carbonyl (C=O) groups excluding carboxylic acids is 4. The molecule has 1 aliphatic carbocycles. The number of allylic oxidation sites excluding steroid dienone is 5. The molecule has 3 unspecified atom stereocenters. The first kappa shape index (κ1) is 29.5. The fourth-order valence-corrected chi connectivity index (χ4v) is 3.99. The van der Waals surface area contributed by atoms with Gasteiger partial charge in [-0.1, -0.05) is 60.2 Å². The third-order valence-electron chi connectivity index (χ3n) is 6.04. The summed E-state index contributed by atoms with van der Waals surface area (Å²) in [7, 11) is 0. The van der Waals surface area contributed by atoms with E-state index in [1.165, 1.54) is 6.92 Å². The van der Waals surface area contributed by atoms with Crippen molar-refractivity contribution in [3.8, 4) is 0 Å². The van der Waals surface area contributed by atoms with Gasteiger partial charge in [-0.05, 0) is 50.3 Å². The molecule has 9 nitrogen and oxygen atoms in total. The highest BCUT2D eigenvalue weighted by molar-refractivity contribution is 5.94. The Kier molecular flexibility index (Phi) is 12.3. The predicted molar refractivity (Wildman–Crippen MR) is 144 cm³/mol. The third kappa shape index (κ3) is 10.8. The number of carbonyl (C=O) groups is 4. The summed E-state index contributed by atoms with van der Waals surface area (Å²) in [5.74, 6) is -2.02. The second-order valence-corrected chi connectivity index (χ2v) is 9.25. The molecule has 9 heteroatoms. The number of rotatable bonds is 14. The van der Waals surface area contributed by atoms with E-state index in [2.05, 4.69) is 22.0 Å². The van der Waals surface area contributed by atoms with Gasteiger partial charge in [0.1, 0.15) is 18.1 Å². The van der Waals surface area contributed by atoms with Crippen molar-refractivity contribution in [3.05, 3.63) is 71.3 Å². The van der Waals surface area contributed by atoms with Crippen molar-refractivity contribution < 1.29 is 19.2 Å². The van der Waals surface area contributed by atoms with Crippen LogP contribution in [0.2, 0.25) is 0 Å². The average Bonchev–Trinajstić information content (AvgIpc) is 3.06. The van der Waals surface area contributed by atoms with Gasteiger partial charge in [0, 0.05) is 19.8 Å². The molecule has 0 radical (unpaired) electrons. The van der Waals surface area contributed by atoms with Crippen molar-refractivity contribution in [2.75, 3.05) is 6.54 Å². The minimum Gasteiger partial charge on any atom is -0.368 e. The number of nitrogens with one attached hydrogen (secondary N) is 3. The van der Waals surface area contributed by atoms with Crippen molar-refractivity contribution in [2.24, 2.45) is 11.5 Å². The van der Waals surface area contributed by atoms with Crippen molar-refractivity contribution in [3.63, 3.8) is 0 Å². The number of amides is 4. The quantitative estimate of drug-likeness (QED) is 0.241. The van der Waals surface area contributed by atoms with Gasteiger partial charge in [0.05, 0.1) is 0 Å². The van der Waals surface area contributed by atoms with Crippen LogP contribution in [0.15, 0.2) is 65.8 Å². The largest absolute Gasteiger partial charge is 0.368 e. The number of benzene rings is 1. The van der Waals surface area contributed by atoms with Gasteiger partial charge in [0.15, 0.2) is 0 Å². The highest BCUT2D eigenvalue weighted by Gasteiger charge is 2.29. The molecule has 0 heterocycles. The Morgan fingerprint density at radius 1 is 0.865 bits per heavy atom. The first-order chi connectivity index (χ1) is 17.7. The molecule has 1 aromatic carbocycles. The molecule has 3 atom stereocenters. The number of unbranched alkanes of at least 4 members (excludes halogenated alkanes) is 1. The summed E-state index contributed by atoms with van der Waals surface area (Å²) in [5, 5.41) is 8.17. The molecule has 0 aliphatic heterocycles. The van der Waals surface area contributed by atoms with Gasteiger partial charge in [0.2, 0.25) is 23.6 Å². The molecule has 0 saturated heterocycles. The van der Waals surface area contributed by atoms with E-state index in [4.69, 9.17) is 11.5 Å². The van der Waals surface area contributed by atoms with Gasteiger partial charge >= 0.3 is 0 Å². The Labute approximate surface area is 218 Å². The minimum absolute atomic E-state index is 0.230. The minimum atomic E-state index is -0.938. The van der Waals surface area contributed by atoms with Crippen LogP contribution in [0, 0.1) is 0 Å². The van der Waals surface area contributed by atoms with Gasteiger partial charge in [-0.3, -0.25) is 19.2 Å². The SMILES string of the molecule is CC(=O)NC(CC1=CCC=C(C)C=C1)C(=O)NC(CCCCN)C(=O)NC(Cc1ccccc1)C(N)=O. The van der Waals surface area contributed by atoms with E-state index in [1.807, 2.05) is 55.5 Å². The highest BCUT2D eigenvalue weighted by Crippen LogP contribution is 2.16. The fraction of sp³-hybridized carbons (Fsp3) is 0.429. The number of primary amides is 1. The van der Waals surface area contributed by atoms with Crippen molar-refractivity contribution in [1.82, 2.24) is 16.0 Å². The van der Waals surface area contributed by atoms with E-state index in [0.29, 0.717) is 25.8 Å². The second kappa shape index (κ2) is 15.4. The molecule has 7 N–H and O–H groups in total. The molecule has 0 bridgehead atoms. The average molecular weight is 510 g/mol. The van der Waals surface area contributed by atoms with E-state index in [-0.39, 0.29) is 18.7 Å². The summed E-state index contributed by atoms with van der Waals surface area (Å²) in [5.41, 5.74) is 14.0. The Morgan fingerprint density at radius 3 is 2.19 bits per heavy atom. The zero-order chi connectivity index (χ0) is 27.2. The monoisotopic (exact) mass is 509 g/mol. The maximum Gasteiger partial charge on any atom is 0.243 e. The molecule has 200 valence electrons. The molecule has 0 spiro atoms. The standard InChI is InChI=1S/C28H39N5O4/c1-19-9-8-12-22(15-14-19)18-25(31-20(2)34)28(37)32-23(13-6-7-16-29)27(36)33-24(26(30)35)17-21-10-4-3-5-11-21/h3-5,9-12,14-15,23-25H,6-8,13,16-18,29H2,1-2H3,(H2,30,35)(H,31,34)(H,32,37)(H,33,36). The van der Waals surface area contributed by atoms with Crippen LogP contribution in [0.3, 0.4) is 0 Å². The molecular formula is C28H39N5O4. The predicted octanol–water partition coefficient (Wildman–Crippen LogP) is 1.54. The van der Waals surface area contributed by atoms with Crippen molar-refractivity contribution in [2.45, 2.75) is 70.5 Å². The Hall–Kier alpha value is -3.72. The summed E-state index contributed by atoms with van der Waals surface area (Å²) in [6, 6.07) is 6.49. The van der Waals surface area contributed by atoms with E-state index in [9.17, 15) is 19.2 Å². The first-order valence-corrected chi connectivity index (χ1v) is 12.6. The van der Waals surface area contributed by atoms with E-state index in [0.717, 1.165) is 23.1 Å². The van der Waals surface area contributed by atoms with Gasteiger partial charge in [-0.15, -0.1) is 0 Å². The second-order valence-electron chi connectivity index (χ2n) is 9.25. The van der Waals surface area contributed by atoms with E-state index in [1.54, 1.807) is 0 Å². The summed E-state index contributed by atoms with van der Waals surface area (Å²) in [6.45, 7) is 3.78. The normalized spacial score (nSPS) is 15.3. The lowest BCUT2D eigenvalue weighted by Crippen LogP contribution is -2.56. The Balaban J connectivity index is 2.15. The van der Waals surface area contributed by atoms with Crippen LogP contribution < -0.4 is 27.4 Å². The lowest BCUT2D eigenvalue weighted by molar-refractivity contribution is -0.133. The molecule has 4 amide bonds. The summed E-state index contributed by atoms with van der Waals surface area (Å²) >= 11 is 0. The van der Waals surface area contributed by atoms with Crippen LogP contribution in [0.4, 0.5) is 0 Å². The summed E-state index contributed by atoms with van der Waals surface area (Å²) in [6.07, 6.45) is 10.8. The van der Waals surface area contributed by atoms with Gasteiger partial charge < -0.3 is 27.4 Å². The van der Waals surface area contributed by atoms with Crippen LogP contribution >= 0.6 is 0 Å². The summed E-state index contributed by atoms with van der Waals surface area (Å²) < 4.78 is 0. The van der Waals surface area contributed by atoms with Crippen LogP contribution in [0.5, 0.6) is 0 Å². The number of hydrogen-bond acceptors (Lipinski definition) is 5. The maximum absolute atomic E-state index is 13.3. The van der Waals surface area contributed by atoms with Gasteiger partial charge in [-0.25, -0.2) is 0 Å². The Bertz CT molecular complexity index is 1030. The van der Waals surface area contributed by atoms with E-state index >= 15 is 0 Å². The van der Waals surface area contributed by atoms with Crippen LogP contribution in [-0.4, -0.2) is 48.3 Å². The zero-order valence-electron chi connectivity index (χ0n) is 21.7. The van der Waals surface area contributed by atoms with Crippen LogP contribution in [0.25, 0.3) is 0 Å². The molecule has 2 rings (SSSR count). The molecule has 1 aliphatic rings. The molecule has 0 aromatic heterocycles. The topological polar surface area (TPSA) is 156 Å². The van der Waals surface area contributed by atoms with Gasteiger partial charge in [-0.2, -0.15) is 0 Å². The number of nitrogens with two attached hydrogens (primary N) is 2. The lowest BCUT2D eigenvalue weighted by Gasteiger charge is -2.25.